The van der Waals surface area contributed by atoms with Crippen molar-refractivity contribution in [2.24, 2.45) is 18.9 Å². The molecule has 18 heteroatoms. The first-order chi connectivity index (χ1) is 24.5. The summed E-state index contributed by atoms with van der Waals surface area (Å²) in [7, 11) is 1.39. The number of halogens is 9. The zero-order valence-corrected chi connectivity index (χ0v) is 28.9. The van der Waals surface area contributed by atoms with Crippen molar-refractivity contribution in [3.63, 3.8) is 0 Å². The van der Waals surface area contributed by atoms with E-state index in [0.717, 1.165) is 68.4 Å². The van der Waals surface area contributed by atoms with Crippen LogP contribution in [-0.4, -0.2) is 57.8 Å². The highest BCUT2D eigenvalue weighted by atomic mass is 19.4. The summed E-state index contributed by atoms with van der Waals surface area (Å²) in [5, 5.41) is 11.7. The van der Waals surface area contributed by atoms with Gasteiger partial charge in [0.15, 0.2) is 6.29 Å². The first-order valence-electron chi connectivity index (χ1n) is 17.3. The van der Waals surface area contributed by atoms with Crippen molar-refractivity contribution in [1.82, 2.24) is 25.2 Å². The standard InChI is InChI=1S/C34H42F9N7O2/c1-3-49(19-23-9-7-22(8-10-23)11-13-52-29-6-4-5-12-51-29)30-25(16-28(18-44-30)34(41,42)43)21-50(31-45-47-48(2)46-31)20-24-14-26(32(35,36)37)17-27(15-24)33(38,39)40/h14-18,22-23,29H,3-13,19-21H2,1-2H3. The van der Waals surface area contributed by atoms with Crippen LogP contribution in [0.25, 0.3) is 0 Å². The molecule has 2 fully saturated rings. The van der Waals surface area contributed by atoms with Gasteiger partial charge in [0.2, 0.25) is 0 Å². The lowest BCUT2D eigenvalue weighted by Crippen LogP contribution is -2.34. The van der Waals surface area contributed by atoms with E-state index < -0.39 is 53.9 Å². The lowest BCUT2D eigenvalue weighted by Gasteiger charge is -2.34. The maximum atomic E-state index is 14.0. The Morgan fingerprint density at radius 3 is 2.02 bits per heavy atom. The van der Waals surface area contributed by atoms with Gasteiger partial charge in [-0.05, 0) is 92.3 Å². The van der Waals surface area contributed by atoms with Crippen LogP contribution in [0.2, 0.25) is 0 Å². The van der Waals surface area contributed by atoms with E-state index in [1.807, 2.05) is 11.8 Å². The Hall–Kier alpha value is -3.67. The van der Waals surface area contributed by atoms with E-state index in [1.165, 1.54) is 11.9 Å². The maximum Gasteiger partial charge on any atom is 0.417 e. The summed E-state index contributed by atoms with van der Waals surface area (Å²) in [5.41, 5.74) is -4.47. The number of anilines is 2. The number of nitrogens with zero attached hydrogens (tertiary/aromatic N) is 7. The predicted octanol–water partition coefficient (Wildman–Crippen LogP) is 8.43. The Kier molecular flexibility index (Phi) is 12.6. The van der Waals surface area contributed by atoms with Crippen molar-refractivity contribution >= 4 is 11.8 Å². The van der Waals surface area contributed by atoms with Gasteiger partial charge in [0, 0.05) is 51.2 Å². The van der Waals surface area contributed by atoms with Gasteiger partial charge in [-0.1, -0.05) is 17.9 Å². The summed E-state index contributed by atoms with van der Waals surface area (Å²) in [6, 6.07) is 2.04. The minimum atomic E-state index is -5.10. The van der Waals surface area contributed by atoms with Crippen molar-refractivity contribution in [2.45, 2.75) is 96.2 Å². The van der Waals surface area contributed by atoms with Gasteiger partial charge >= 0.3 is 18.5 Å². The largest absolute Gasteiger partial charge is 0.417 e. The van der Waals surface area contributed by atoms with Crippen LogP contribution in [0, 0.1) is 11.8 Å². The molecule has 1 saturated carbocycles. The van der Waals surface area contributed by atoms with E-state index in [0.29, 0.717) is 44.4 Å². The molecule has 3 aromatic rings. The number of aromatic nitrogens is 5. The van der Waals surface area contributed by atoms with Gasteiger partial charge in [-0.3, -0.25) is 0 Å². The molecule has 9 nitrogen and oxygen atoms in total. The molecule has 1 atom stereocenters. The van der Waals surface area contributed by atoms with E-state index >= 15 is 0 Å². The van der Waals surface area contributed by atoms with E-state index in [9.17, 15) is 39.5 Å². The van der Waals surface area contributed by atoms with E-state index in [4.69, 9.17) is 9.47 Å². The van der Waals surface area contributed by atoms with Crippen molar-refractivity contribution in [1.29, 1.82) is 0 Å². The van der Waals surface area contributed by atoms with Crippen LogP contribution >= 0.6 is 0 Å². The van der Waals surface area contributed by atoms with Gasteiger partial charge in [0.25, 0.3) is 5.95 Å². The molecule has 0 amide bonds. The molecular formula is C34H42F9N7O2. The van der Waals surface area contributed by atoms with Crippen LogP contribution in [0.1, 0.15) is 86.1 Å². The number of pyridine rings is 1. The van der Waals surface area contributed by atoms with Gasteiger partial charge in [0.05, 0.1) is 23.7 Å². The summed E-state index contributed by atoms with van der Waals surface area (Å²) in [6.45, 7) is 3.01. The molecule has 1 aliphatic heterocycles. The lowest BCUT2D eigenvalue weighted by atomic mass is 9.80. The summed E-state index contributed by atoms with van der Waals surface area (Å²) in [4.78, 5) is 8.29. The van der Waals surface area contributed by atoms with E-state index in [1.54, 1.807) is 0 Å². The zero-order chi connectivity index (χ0) is 37.7. The second-order valence-electron chi connectivity index (χ2n) is 13.4. The smallest absolute Gasteiger partial charge is 0.356 e. The van der Waals surface area contributed by atoms with Gasteiger partial charge in [-0.2, -0.15) is 44.3 Å². The first kappa shape index (κ1) is 39.5. The molecule has 3 heterocycles. The molecular weight excluding hydrogens is 709 g/mol. The van der Waals surface area contributed by atoms with Crippen LogP contribution in [0.3, 0.4) is 0 Å². The second-order valence-corrected chi connectivity index (χ2v) is 13.4. The molecule has 1 saturated heterocycles. The molecule has 1 unspecified atom stereocenters. The fraction of sp³-hybridized carbons (Fsp3) is 0.647. The molecule has 52 heavy (non-hydrogen) atoms. The maximum absolute atomic E-state index is 14.0. The second kappa shape index (κ2) is 16.6. The predicted molar refractivity (Wildman–Crippen MR) is 172 cm³/mol. The Morgan fingerprint density at radius 2 is 1.46 bits per heavy atom. The van der Waals surface area contributed by atoms with Gasteiger partial charge in [-0.25, -0.2) is 4.98 Å². The van der Waals surface area contributed by atoms with Crippen molar-refractivity contribution in [3.05, 3.63) is 58.3 Å². The Balaban J connectivity index is 1.37. The number of alkyl halides is 9. The summed E-state index contributed by atoms with van der Waals surface area (Å²) in [5.74, 6) is 0.709. The molecule has 0 spiro atoms. The van der Waals surface area contributed by atoms with Crippen molar-refractivity contribution < 1.29 is 49.0 Å². The highest BCUT2D eigenvalue weighted by molar-refractivity contribution is 5.51. The van der Waals surface area contributed by atoms with Crippen molar-refractivity contribution in [3.8, 4) is 0 Å². The van der Waals surface area contributed by atoms with Gasteiger partial charge < -0.3 is 19.3 Å². The van der Waals surface area contributed by atoms with E-state index in [2.05, 4.69) is 20.4 Å². The Labute approximate surface area is 295 Å². The first-order valence-corrected chi connectivity index (χ1v) is 17.3. The van der Waals surface area contributed by atoms with Crippen LogP contribution in [0.5, 0.6) is 0 Å². The topological polar surface area (TPSA) is 81.4 Å². The highest BCUT2D eigenvalue weighted by Gasteiger charge is 2.38. The quantitative estimate of drug-likeness (QED) is 0.161. The lowest BCUT2D eigenvalue weighted by molar-refractivity contribution is -0.164. The van der Waals surface area contributed by atoms with Gasteiger partial charge in [-0.15, -0.1) is 5.10 Å². The SMILES string of the molecule is CCN(CC1CCC(CCOC2CCCCO2)CC1)c1ncc(C(F)(F)F)cc1CN(Cc1cc(C(F)(F)F)cc(C(F)(F)F)c1)c1nnn(C)n1. The number of ether oxygens (including phenoxy) is 2. The molecule has 0 radical (unpaired) electrons. The number of benzene rings is 1. The minimum absolute atomic E-state index is 0.0100. The number of hydrogen-bond acceptors (Lipinski definition) is 8. The molecule has 288 valence electrons. The third-order valence-electron chi connectivity index (χ3n) is 9.53. The number of hydrogen-bond donors (Lipinski definition) is 0. The van der Waals surface area contributed by atoms with E-state index in [-0.39, 0.29) is 35.6 Å². The summed E-state index contributed by atoms with van der Waals surface area (Å²) >= 11 is 0. The number of aryl methyl sites for hydroxylation is 1. The van der Waals surface area contributed by atoms with Crippen LogP contribution in [0.4, 0.5) is 51.3 Å². The molecule has 2 aliphatic rings. The molecule has 1 aliphatic carbocycles. The third kappa shape index (κ3) is 10.7. The normalized spacial score (nSPS) is 20.2. The fourth-order valence-electron chi connectivity index (χ4n) is 6.78. The molecule has 2 aromatic heterocycles. The van der Waals surface area contributed by atoms with Gasteiger partial charge in [0.1, 0.15) is 5.82 Å². The van der Waals surface area contributed by atoms with Crippen LogP contribution in [0.15, 0.2) is 30.5 Å². The Bertz CT molecular complexity index is 1570. The molecule has 1 aromatic carbocycles. The fourth-order valence-corrected chi connectivity index (χ4v) is 6.78. The summed E-state index contributed by atoms with van der Waals surface area (Å²) in [6.07, 6.45) is -6.72. The summed E-state index contributed by atoms with van der Waals surface area (Å²) < 4.78 is 136. The number of tetrazole rings is 1. The highest BCUT2D eigenvalue weighted by Crippen LogP contribution is 2.38. The molecule has 0 N–H and O–H groups in total. The average molecular weight is 752 g/mol. The monoisotopic (exact) mass is 751 g/mol. The van der Waals surface area contributed by atoms with Crippen molar-refractivity contribution in [2.75, 3.05) is 36.1 Å². The van der Waals surface area contributed by atoms with Crippen LogP contribution < -0.4 is 9.80 Å². The average Bonchev–Trinajstić information content (AvgIpc) is 3.53. The molecule has 0 bridgehead atoms. The third-order valence-corrected chi connectivity index (χ3v) is 9.53. The minimum Gasteiger partial charge on any atom is -0.356 e. The zero-order valence-electron chi connectivity index (χ0n) is 28.9. The van der Waals surface area contributed by atoms with Crippen LogP contribution in [-0.2, 0) is 48.1 Å². The molecule has 5 rings (SSSR count). The number of rotatable bonds is 13. The Morgan fingerprint density at radius 1 is 0.808 bits per heavy atom.